The Balaban J connectivity index is 2.13. The fraction of sp³-hybridized carbons (Fsp3) is 0.467. The van der Waals surface area contributed by atoms with Crippen molar-refractivity contribution in [3.63, 3.8) is 0 Å². The van der Waals surface area contributed by atoms with Crippen molar-refractivity contribution in [3.8, 4) is 0 Å². The van der Waals surface area contributed by atoms with E-state index in [4.69, 9.17) is 0 Å². The highest BCUT2D eigenvalue weighted by molar-refractivity contribution is 7.92. The molecule has 1 fully saturated rings. The minimum absolute atomic E-state index is 0.0141. The number of hydrogen-bond acceptors (Lipinski definition) is 6. The van der Waals surface area contributed by atoms with Crippen LogP contribution >= 0.6 is 0 Å². The monoisotopic (exact) mass is 388 g/mol. The Hall–Kier alpha value is -1.94. The van der Waals surface area contributed by atoms with Crippen LogP contribution in [-0.2, 0) is 24.7 Å². The second-order valence-electron chi connectivity index (χ2n) is 6.04. The van der Waals surface area contributed by atoms with Crippen LogP contribution < -0.4 is 9.62 Å². The van der Waals surface area contributed by atoms with Gasteiger partial charge in [-0.05, 0) is 37.6 Å². The molecule has 0 radical (unpaired) electrons. The second-order valence-corrected chi connectivity index (χ2v) is 10.2. The number of benzene rings is 1. The first-order chi connectivity index (χ1) is 11.5. The Bertz CT molecular complexity index is 875. The number of nitrogens with zero attached hydrogens (tertiary/aromatic N) is 1. The molecule has 8 nitrogen and oxygen atoms in total. The molecule has 0 spiro atoms. The lowest BCUT2D eigenvalue weighted by atomic mass is 10.1. The van der Waals surface area contributed by atoms with E-state index in [9.17, 15) is 26.4 Å². The third-order valence-electron chi connectivity index (χ3n) is 3.85. The van der Waals surface area contributed by atoms with Crippen LogP contribution in [0.2, 0.25) is 0 Å². The van der Waals surface area contributed by atoms with E-state index in [-0.39, 0.29) is 23.0 Å². The number of amides is 1. The van der Waals surface area contributed by atoms with Gasteiger partial charge in [0.1, 0.15) is 6.54 Å². The SMILES string of the molecule is CC(=O)c1ccc(N(CC(=O)NC2CCS(=O)(=O)C2)S(C)(=O)=O)cc1. The summed E-state index contributed by atoms with van der Waals surface area (Å²) < 4.78 is 47.8. The van der Waals surface area contributed by atoms with E-state index in [1.165, 1.54) is 31.2 Å². The topological polar surface area (TPSA) is 118 Å². The maximum Gasteiger partial charge on any atom is 0.241 e. The first-order valence-corrected chi connectivity index (χ1v) is 11.2. The molecule has 1 amide bonds. The molecule has 0 aromatic heterocycles. The summed E-state index contributed by atoms with van der Waals surface area (Å²) in [7, 11) is -6.87. The molecular formula is C15H20N2O6S2. The molecule has 1 saturated heterocycles. The third kappa shape index (κ3) is 5.27. The van der Waals surface area contributed by atoms with Gasteiger partial charge in [-0.15, -0.1) is 0 Å². The van der Waals surface area contributed by atoms with Gasteiger partial charge in [-0.25, -0.2) is 16.8 Å². The molecule has 1 aromatic rings. The van der Waals surface area contributed by atoms with Crippen LogP contribution in [-0.4, -0.2) is 58.9 Å². The Kier molecular flexibility index (Phi) is 5.52. The molecule has 1 heterocycles. The first-order valence-electron chi connectivity index (χ1n) is 7.56. The van der Waals surface area contributed by atoms with Gasteiger partial charge in [-0.2, -0.15) is 0 Å². The molecule has 1 atom stereocenters. The van der Waals surface area contributed by atoms with Gasteiger partial charge in [-0.1, -0.05) is 0 Å². The average Bonchev–Trinajstić information content (AvgIpc) is 2.82. The predicted octanol–water partition coefficient (Wildman–Crippen LogP) is -0.0415. The van der Waals surface area contributed by atoms with Gasteiger partial charge in [0.2, 0.25) is 15.9 Å². The van der Waals surface area contributed by atoms with Crippen molar-refractivity contribution in [2.24, 2.45) is 0 Å². The molecule has 138 valence electrons. The van der Waals surface area contributed by atoms with E-state index in [1.807, 2.05) is 0 Å². The minimum Gasteiger partial charge on any atom is -0.351 e. The van der Waals surface area contributed by atoms with E-state index < -0.39 is 38.4 Å². The molecule has 1 N–H and O–H groups in total. The van der Waals surface area contributed by atoms with Gasteiger partial charge >= 0.3 is 0 Å². The number of carbonyl (C=O) groups is 2. The summed E-state index contributed by atoms with van der Waals surface area (Å²) >= 11 is 0. The van der Waals surface area contributed by atoms with Crippen LogP contribution in [0.15, 0.2) is 24.3 Å². The van der Waals surface area contributed by atoms with E-state index in [1.54, 1.807) is 0 Å². The third-order valence-corrected chi connectivity index (χ3v) is 6.76. The van der Waals surface area contributed by atoms with Gasteiger partial charge in [0.05, 0.1) is 23.4 Å². The van der Waals surface area contributed by atoms with Crippen molar-refractivity contribution >= 4 is 37.2 Å². The number of sulfone groups is 1. The summed E-state index contributed by atoms with van der Waals surface area (Å²) in [5, 5.41) is 2.56. The zero-order valence-corrected chi connectivity index (χ0v) is 15.6. The van der Waals surface area contributed by atoms with Crippen molar-refractivity contribution < 1.29 is 26.4 Å². The van der Waals surface area contributed by atoms with Crippen molar-refractivity contribution in [2.75, 3.05) is 28.6 Å². The lowest BCUT2D eigenvalue weighted by Crippen LogP contribution is -2.44. The van der Waals surface area contributed by atoms with Crippen molar-refractivity contribution in [1.82, 2.24) is 5.32 Å². The van der Waals surface area contributed by atoms with Crippen LogP contribution in [0.25, 0.3) is 0 Å². The summed E-state index contributed by atoms with van der Waals surface area (Å²) in [5.74, 6) is -0.855. The molecule has 0 bridgehead atoms. The number of Topliss-reactive ketones (excluding diaryl/α,β-unsaturated/α-hetero) is 1. The summed E-state index contributed by atoms with van der Waals surface area (Å²) in [4.78, 5) is 23.5. The Morgan fingerprint density at radius 3 is 2.28 bits per heavy atom. The largest absolute Gasteiger partial charge is 0.351 e. The molecule has 1 unspecified atom stereocenters. The molecule has 1 aliphatic rings. The zero-order valence-electron chi connectivity index (χ0n) is 13.9. The van der Waals surface area contributed by atoms with Crippen LogP contribution in [0.4, 0.5) is 5.69 Å². The highest BCUT2D eigenvalue weighted by Gasteiger charge is 2.30. The molecule has 10 heteroatoms. The normalized spacial score (nSPS) is 19.4. The summed E-state index contributed by atoms with van der Waals surface area (Å²) in [6.45, 7) is 0.932. The van der Waals surface area contributed by atoms with Crippen LogP contribution in [0.1, 0.15) is 23.7 Å². The smallest absolute Gasteiger partial charge is 0.241 e. The number of carbonyl (C=O) groups excluding carboxylic acids is 2. The van der Waals surface area contributed by atoms with Crippen molar-refractivity contribution in [1.29, 1.82) is 0 Å². The lowest BCUT2D eigenvalue weighted by molar-refractivity contribution is -0.120. The summed E-state index contributed by atoms with van der Waals surface area (Å²) in [6.07, 6.45) is 1.29. The molecule has 25 heavy (non-hydrogen) atoms. The standard InChI is InChI=1S/C15H20N2O6S2/c1-11(18)12-3-5-14(6-4-12)17(24(2,20)21)9-15(19)16-13-7-8-25(22,23)10-13/h3-6,13H,7-10H2,1-2H3,(H,16,19). The van der Waals surface area contributed by atoms with Gasteiger partial charge in [0.25, 0.3) is 0 Å². The maximum absolute atomic E-state index is 12.1. The van der Waals surface area contributed by atoms with Gasteiger partial charge < -0.3 is 5.32 Å². The Labute approximate surface area is 147 Å². The number of hydrogen-bond donors (Lipinski definition) is 1. The highest BCUT2D eigenvalue weighted by atomic mass is 32.2. The number of ketones is 1. The molecule has 1 aliphatic heterocycles. The Morgan fingerprint density at radius 1 is 1.24 bits per heavy atom. The average molecular weight is 388 g/mol. The quantitative estimate of drug-likeness (QED) is 0.683. The zero-order chi connectivity index (χ0) is 18.8. The van der Waals surface area contributed by atoms with Crippen molar-refractivity contribution in [3.05, 3.63) is 29.8 Å². The van der Waals surface area contributed by atoms with E-state index in [0.29, 0.717) is 12.0 Å². The van der Waals surface area contributed by atoms with Gasteiger partial charge in [-0.3, -0.25) is 13.9 Å². The van der Waals surface area contributed by atoms with Crippen LogP contribution in [0, 0.1) is 0 Å². The Morgan fingerprint density at radius 2 is 1.84 bits per heavy atom. The molecule has 2 rings (SSSR count). The fourth-order valence-electron chi connectivity index (χ4n) is 2.58. The first kappa shape index (κ1) is 19.4. The molecule has 0 saturated carbocycles. The number of rotatable bonds is 6. The number of nitrogens with one attached hydrogen (secondary N) is 1. The predicted molar refractivity (Wildman–Crippen MR) is 93.8 cm³/mol. The van der Waals surface area contributed by atoms with E-state index in [2.05, 4.69) is 5.32 Å². The number of sulfonamides is 1. The van der Waals surface area contributed by atoms with Gasteiger partial charge in [0.15, 0.2) is 15.6 Å². The fourth-order valence-corrected chi connectivity index (χ4v) is 5.10. The number of anilines is 1. The maximum atomic E-state index is 12.1. The van der Waals surface area contributed by atoms with E-state index >= 15 is 0 Å². The van der Waals surface area contributed by atoms with Crippen molar-refractivity contribution in [2.45, 2.75) is 19.4 Å². The lowest BCUT2D eigenvalue weighted by Gasteiger charge is -2.23. The molecule has 1 aromatic carbocycles. The summed E-state index contributed by atoms with van der Waals surface area (Å²) in [5.41, 5.74) is 0.680. The molecule has 0 aliphatic carbocycles. The van der Waals surface area contributed by atoms with Crippen LogP contribution in [0.3, 0.4) is 0 Å². The van der Waals surface area contributed by atoms with E-state index in [0.717, 1.165) is 10.6 Å². The second kappa shape index (κ2) is 7.12. The molecular weight excluding hydrogens is 368 g/mol. The van der Waals surface area contributed by atoms with Crippen LogP contribution in [0.5, 0.6) is 0 Å². The minimum atomic E-state index is -3.73. The summed E-state index contributed by atoms with van der Waals surface area (Å²) in [6, 6.07) is 5.36. The highest BCUT2D eigenvalue weighted by Crippen LogP contribution is 2.19. The van der Waals surface area contributed by atoms with Gasteiger partial charge in [0, 0.05) is 11.6 Å².